The third-order valence-electron chi connectivity index (χ3n) is 8.78. The molecule has 0 spiro atoms. The summed E-state index contributed by atoms with van der Waals surface area (Å²) in [7, 11) is 0. The van der Waals surface area contributed by atoms with Gasteiger partial charge < -0.3 is 33.2 Å². The highest BCUT2D eigenvalue weighted by atomic mass is 16.7. The van der Waals surface area contributed by atoms with Crippen molar-refractivity contribution >= 4 is 23.9 Å². The van der Waals surface area contributed by atoms with Crippen molar-refractivity contribution in [1.29, 1.82) is 0 Å². The molecule has 5 atom stereocenters. The van der Waals surface area contributed by atoms with Crippen molar-refractivity contribution in [2.75, 3.05) is 19.8 Å². The first-order valence-corrected chi connectivity index (χ1v) is 19.2. The van der Waals surface area contributed by atoms with E-state index in [4.69, 9.17) is 33.2 Å². The molecule has 0 aliphatic carbocycles. The summed E-state index contributed by atoms with van der Waals surface area (Å²) in [6.45, 7) is 7.74. The van der Waals surface area contributed by atoms with E-state index in [2.05, 4.69) is 19.1 Å². The van der Waals surface area contributed by atoms with Gasteiger partial charge in [0.1, 0.15) is 18.5 Å². The molecule has 1 heterocycles. The molecule has 1 aliphatic heterocycles. The predicted octanol–water partition coefficient (Wildman–Crippen LogP) is 7.97. The van der Waals surface area contributed by atoms with Crippen molar-refractivity contribution in [1.82, 2.24) is 0 Å². The van der Waals surface area contributed by atoms with Gasteiger partial charge in [0.05, 0.1) is 6.61 Å². The topological polar surface area (TPSA) is 133 Å². The highest BCUT2D eigenvalue weighted by molar-refractivity contribution is 5.68. The molecule has 1 aliphatic rings. The summed E-state index contributed by atoms with van der Waals surface area (Å²) in [4.78, 5) is 47.4. The lowest BCUT2D eigenvalue weighted by Gasteiger charge is -2.44. The van der Waals surface area contributed by atoms with Crippen LogP contribution in [-0.4, -0.2) is 74.4 Å². The summed E-state index contributed by atoms with van der Waals surface area (Å²) in [6, 6.07) is 8.15. The maximum Gasteiger partial charge on any atom is 0.303 e. The van der Waals surface area contributed by atoms with Crippen LogP contribution in [-0.2, 0) is 54.0 Å². The Balaban J connectivity index is 1.70. The smallest absolute Gasteiger partial charge is 0.303 e. The Morgan fingerprint density at radius 3 is 1.59 bits per heavy atom. The molecule has 290 valence electrons. The second-order valence-corrected chi connectivity index (χ2v) is 13.5. The minimum absolute atomic E-state index is 0.244. The molecule has 1 aromatic rings. The van der Waals surface area contributed by atoms with E-state index in [0.29, 0.717) is 6.42 Å². The number of ether oxygens (including phenoxy) is 7. The fourth-order valence-corrected chi connectivity index (χ4v) is 6.19. The Kier molecular flexibility index (Phi) is 22.9. The molecule has 51 heavy (non-hydrogen) atoms. The van der Waals surface area contributed by atoms with Crippen molar-refractivity contribution in [3.8, 4) is 5.75 Å². The highest BCUT2D eigenvalue weighted by Gasteiger charge is 2.52. The van der Waals surface area contributed by atoms with Gasteiger partial charge >= 0.3 is 23.9 Å². The molecule has 0 bridgehead atoms. The van der Waals surface area contributed by atoms with Gasteiger partial charge in [-0.05, 0) is 43.4 Å². The average Bonchev–Trinajstić information content (AvgIpc) is 3.08. The van der Waals surface area contributed by atoms with Crippen molar-refractivity contribution in [3.63, 3.8) is 0 Å². The maximum atomic E-state index is 12.0. The summed E-state index contributed by atoms with van der Waals surface area (Å²) >= 11 is 0. The SMILES string of the molecule is CCCCCCCCCCCCCCCCOc1ccc(CCCCO[C@@H]2O[C@H](COC(C)=O)[C@@H](OC(C)=O)[C@H](OC(C)=O)[C@H]2OC(C)=O)cc1. The van der Waals surface area contributed by atoms with E-state index in [1.165, 1.54) is 117 Å². The number of benzene rings is 1. The third-order valence-corrected chi connectivity index (χ3v) is 8.78. The van der Waals surface area contributed by atoms with Gasteiger partial charge in [-0.1, -0.05) is 103 Å². The molecule has 1 aromatic carbocycles. The van der Waals surface area contributed by atoms with Crippen molar-refractivity contribution in [2.45, 2.75) is 174 Å². The second kappa shape index (κ2) is 26.6. The second-order valence-electron chi connectivity index (χ2n) is 13.5. The van der Waals surface area contributed by atoms with Crippen LogP contribution in [0.3, 0.4) is 0 Å². The zero-order valence-corrected chi connectivity index (χ0v) is 31.8. The summed E-state index contributed by atoms with van der Waals surface area (Å²) in [6.07, 6.45) is 15.1. The molecule has 1 saturated heterocycles. The number of hydrogen-bond acceptors (Lipinski definition) is 11. The van der Waals surface area contributed by atoms with E-state index in [1.54, 1.807) is 0 Å². The minimum atomic E-state index is -1.25. The van der Waals surface area contributed by atoms with Gasteiger partial charge in [-0.25, -0.2) is 0 Å². The summed E-state index contributed by atoms with van der Waals surface area (Å²) in [5.41, 5.74) is 1.17. The first kappa shape index (κ1) is 44.0. The molecule has 0 amide bonds. The number of carbonyl (C=O) groups excluding carboxylic acids is 4. The Morgan fingerprint density at radius 2 is 1.06 bits per heavy atom. The summed E-state index contributed by atoms with van der Waals surface area (Å²) in [5, 5.41) is 0. The van der Waals surface area contributed by atoms with Crippen LogP contribution in [0.2, 0.25) is 0 Å². The van der Waals surface area contributed by atoms with Gasteiger partial charge in [0.25, 0.3) is 0 Å². The lowest BCUT2D eigenvalue weighted by Crippen LogP contribution is -2.63. The number of unbranched alkanes of at least 4 members (excludes halogenated alkanes) is 14. The molecule has 1 fully saturated rings. The van der Waals surface area contributed by atoms with Gasteiger partial charge in [-0.15, -0.1) is 0 Å². The molecule has 0 N–H and O–H groups in total. The van der Waals surface area contributed by atoms with Gasteiger partial charge in [0.2, 0.25) is 0 Å². The molecule has 0 saturated carbocycles. The van der Waals surface area contributed by atoms with Crippen LogP contribution >= 0.6 is 0 Å². The molecule has 0 aromatic heterocycles. The molecule has 2 rings (SSSR count). The van der Waals surface area contributed by atoms with Gasteiger partial charge in [-0.2, -0.15) is 0 Å². The number of carbonyl (C=O) groups is 4. The van der Waals surface area contributed by atoms with Crippen LogP contribution in [0.1, 0.15) is 143 Å². The van der Waals surface area contributed by atoms with E-state index in [9.17, 15) is 19.2 Å². The quantitative estimate of drug-likeness (QED) is 0.0498. The predicted molar refractivity (Wildman–Crippen MR) is 193 cm³/mol. The number of hydrogen-bond donors (Lipinski definition) is 0. The summed E-state index contributed by atoms with van der Waals surface area (Å²) in [5.74, 6) is -1.73. The lowest BCUT2D eigenvalue weighted by atomic mass is 9.98. The zero-order chi connectivity index (χ0) is 37.3. The van der Waals surface area contributed by atoms with E-state index in [1.807, 2.05) is 12.1 Å². The molecule has 0 radical (unpaired) electrons. The van der Waals surface area contributed by atoms with Crippen LogP contribution < -0.4 is 4.74 Å². The fraction of sp³-hybridized carbons (Fsp3) is 0.750. The first-order valence-electron chi connectivity index (χ1n) is 19.2. The van der Waals surface area contributed by atoms with Crippen LogP contribution in [0.5, 0.6) is 5.75 Å². The van der Waals surface area contributed by atoms with Gasteiger partial charge in [0.15, 0.2) is 24.6 Å². The number of aryl methyl sites for hydroxylation is 1. The fourth-order valence-electron chi connectivity index (χ4n) is 6.19. The molecule has 0 unspecified atom stereocenters. The largest absolute Gasteiger partial charge is 0.494 e. The Hall–Kier alpha value is -3.18. The normalized spacial score (nSPS) is 20.0. The van der Waals surface area contributed by atoms with Crippen molar-refractivity contribution in [3.05, 3.63) is 29.8 Å². The minimum Gasteiger partial charge on any atom is -0.494 e. The van der Waals surface area contributed by atoms with Gasteiger partial charge in [-0.3, -0.25) is 19.2 Å². The third kappa shape index (κ3) is 19.9. The van der Waals surface area contributed by atoms with Crippen LogP contribution in [0.15, 0.2) is 24.3 Å². The maximum absolute atomic E-state index is 12.0. The number of rotatable bonds is 27. The van der Waals surface area contributed by atoms with E-state index in [-0.39, 0.29) is 13.2 Å². The Morgan fingerprint density at radius 1 is 0.569 bits per heavy atom. The average molecular weight is 721 g/mol. The van der Waals surface area contributed by atoms with E-state index < -0.39 is 54.6 Å². The molecule has 11 nitrogen and oxygen atoms in total. The van der Waals surface area contributed by atoms with E-state index >= 15 is 0 Å². The highest BCUT2D eigenvalue weighted by Crippen LogP contribution is 2.30. The van der Waals surface area contributed by atoms with Crippen LogP contribution in [0.25, 0.3) is 0 Å². The first-order chi connectivity index (χ1) is 24.6. The number of esters is 4. The lowest BCUT2D eigenvalue weighted by molar-refractivity contribution is -0.308. The van der Waals surface area contributed by atoms with Crippen LogP contribution in [0.4, 0.5) is 0 Å². The van der Waals surface area contributed by atoms with Crippen LogP contribution in [0, 0.1) is 0 Å². The van der Waals surface area contributed by atoms with Crippen molar-refractivity contribution in [2.24, 2.45) is 0 Å². The van der Waals surface area contributed by atoms with Gasteiger partial charge in [0, 0.05) is 34.3 Å². The standard InChI is InChI=1S/C40H64O11/c1-6-7-8-9-10-11-12-13-14-15-16-17-18-20-27-45-35-25-23-34(24-26-35)22-19-21-28-46-40-39(50-33(5)44)38(49-32(4)43)37(48-31(3)42)36(51-40)29-47-30(2)41/h23-26,36-40H,6-22,27-29H2,1-5H3/t36-,37-,38+,39-,40-/m1/s1. The molecule has 11 heteroatoms. The molecular weight excluding hydrogens is 656 g/mol. The Bertz CT molecular complexity index is 1120. The molecular formula is C40H64O11. The monoisotopic (exact) mass is 720 g/mol. The van der Waals surface area contributed by atoms with E-state index in [0.717, 1.165) is 31.6 Å². The summed E-state index contributed by atoms with van der Waals surface area (Å²) < 4.78 is 39.3. The van der Waals surface area contributed by atoms with Crippen molar-refractivity contribution < 1.29 is 52.3 Å². The zero-order valence-electron chi connectivity index (χ0n) is 31.8. The Labute approximate surface area is 305 Å².